The van der Waals surface area contributed by atoms with Crippen LogP contribution in [0.3, 0.4) is 0 Å². The molecule has 0 saturated carbocycles. The second kappa shape index (κ2) is 10.2. The van der Waals surface area contributed by atoms with Gasteiger partial charge >= 0.3 is 5.97 Å². The Morgan fingerprint density at radius 1 is 1.27 bits per heavy atom. The first-order valence-electron chi connectivity index (χ1n) is 10.5. The third-order valence-electron chi connectivity index (χ3n) is 6.04. The van der Waals surface area contributed by atoms with Crippen molar-refractivity contribution in [1.82, 2.24) is 0 Å². The van der Waals surface area contributed by atoms with Gasteiger partial charge < -0.3 is 10.5 Å². The van der Waals surface area contributed by atoms with E-state index in [9.17, 15) is 9.59 Å². The molecule has 2 rings (SSSR count). The minimum absolute atomic E-state index is 0.0383. The van der Waals surface area contributed by atoms with Gasteiger partial charge in [-0.25, -0.2) is 0 Å². The van der Waals surface area contributed by atoms with Crippen LogP contribution in [0.1, 0.15) is 52.9 Å². The highest BCUT2D eigenvalue weighted by atomic mass is 16.6. The normalized spacial score (nSPS) is 25.2. The average molecular weight is 406 g/mol. The molecule has 1 amide bonds. The van der Waals surface area contributed by atoms with Crippen molar-refractivity contribution in [2.45, 2.75) is 58.5 Å². The van der Waals surface area contributed by atoms with E-state index in [0.29, 0.717) is 12.8 Å². The first-order valence-corrected chi connectivity index (χ1v) is 10.5. The summed E-state index contributed by atoms with van der Waals surface area (Å²) in [5.74, 6) is 11.2. The third-order valence-corrected chi connectivity index (χ3v) is 6.04. The molecule has 0 fully saturated rings. The van der Waals surface area contributed by atoms with E-state index in [-0.39, 0.29) is 36.1 Å². The van der Waals surface area contributed by atoms with Crippen molar-refractivity contribution in [3.63, 3.8) is 0 Å². The summed E-state index contributed by atoms with van der Waals surface area (Å²) in [5.41, 5.74) is 6.89. The van der Waals surface area contributed by atoms with Crippen molar-refractivity contribution < 1.29 is 14.3 Å². The lowest BCUT2D eigenvalue weighted by Crippen LogP contribution is -2.39. The molecule has 2 bridgehead atoms. The summed E-state index contributed by atoms with van der Waals surface area (Å²) in [7, 11) is 0. The van der Waals surface area contributed by atoms with Crippen molar-refractivity contribution in [1.29, 1.82) is 0 Å². The molecule has 2 aliphatic rings. The summed E-state index contributed by atoms with van der Waals surface area (Å²) < 4.78 is 5.96. The van der Waals surface area contributed by atoms with E-state index in [2.05, 4.69) is 49.8 Å². The maximum Gasteiger partial charge on any atom is 0.307 e. The molecule has 30 heavy (non-hydrogen) atoms. The van der Waals surface area contributed by atoms with Crippen molar-refractivity contribution in [3.05, 3.63) is 48.1 Å². The van der Waals surface area contributed by atoms with E-state index in [0.717, 1.165) is 29.6 Å². The predicted octanol–water partition coefficient (Wildman–Crippen LogP) is 4.24. The van der Waals surface area contributed by atoms with Gasteiger partial charge in [-0.2, -0.15) is 0 Å². The molecule has 0 aromatic rings. The topological polar surface area (TPSA) is 69.4 Å². The molecule has 0 heterocycles. The monoisotopic (exact) mass is 405 g/mol. The number of nitrogens with two attached hydrogens (primary N) is 1. The van der Waals surface area contributed by atoms with Crippen LogP contribution in [0.25, 0.3) is 0 Å². The van der Waals surface area contributed by atoms with E-state index < -0.39 is 5.60 Å². The number of fused-ring (bicyclic) bond motifs is 2. The van der Waals surface area contributed by atoms with Gasteiger partial charge in [-0.05, 0) is 48.8 Å². The zero-order chi connectivity index (χ0) is 22.3. The van der Waals surface area contributed by atoms with E-state index >= 15 is 0 Å². The van der Waals surface area contributed by atoms with Gasteiger partial charge in [-0.15, -0.1) is 0 Å². The van der Waals surface area contributed by atoms with Crippen LogP contribution >= 0.6 is 0 Å². The minimum Gasteiger partial charge on any atom is -0.441 e. The molecular weight excluding hydrogens is 374 g/mol. The molecule has 0 aromatic heterocycles. The number of hydrogen-bond donors (Lipinski definition) is 1. The summed E-state index contributed by atoms with van der Waals surface area (Å²) in [6.07, 6.45) is 8.30. The average Bonchev–Trinajstić information content (AvgIpc) is 2.71. The number of ether oxygens (including phenoxy) is 1. The van der Waals surface area contributed by atoms with Crippen LogP contribution in [0.5, 0.6) is 0 Å². The second-order valence-corrected chi connectivity index (χ2v) is 7.97. The minimum atomic E-state index is -1.04. The highest BCUT2D eigenvalue weighted by Crippen LogP contribution is 2.40. The van der Waals surface area contributed by atoms with Crippen LogP contribution in [-0.2, 0) is 14.3 Å². The number of amides is 1. The fourth-order valence-electron chi connectivity index (χ4n) is 3.69. The molecule has 4 atom stereocenters. The van der Waals surface area contributed by atoms with Crippen LogP contribution in [0.4, 0.5) is 0 Å². The van der Waals surface area contributed by atoms with E-state index in [4.69, 9.17) is 10.5 Å². The Bertz CT molecular complexity index is 915. The third kappa shape index (κ3) is 5.33. The molecular formula is C26H31NO3. The SMILES string of the molecule is C=C(CCC(=O)OC12C#C/C=C\C#CC(CC)C(=CCC1)C2=C)C(C)C(C)C(N)=O. The predicted molar refractivity (Wildman–Crippen MR) is 120 cm³/mol. The zero-order valence-corrected chi connectivity index (χ0v) is 18.2. The van der Waals surface area contributed by atoms with Crippen molar-refractivity contribution in [2.75, 3.05) is 0 Å². The zero-order valence-electron chi connectivity index (χ0n) is 18.2. The molecule has 158 valence electrons. The Hall–Kier alpha value is -2.98. The smallest absolute Gasteiger partial charge is 0.307 e. The fraction of sp³-hybridized carbons (Fsp3) is 0.462. The number of primary amides is 1. The van der Waals surface area contributed by atoms with E-state index in [1.54, 1.807) is 19.1 Å². The van der Waals surface area contributed by atoms with E-state index in [1.165, 1.54) is 0 Å². The van der Waals surface area contributed by atoms with Crippen LogP contribution in [0, 0.1) is 41.4 Å². The van der Waals surface area contributed by atoms with Gasteiger partial charge in [0, 0.05) is 30.3 Å². The van der Waals surface area contributed by atoms with Gasteiger partial charge in [-0.3, -0.25) is 9.59 Å². The number of allylic oxidation sites excluding steroid dienone is 4. The van der Waals surface area contributed by atoms with Gasteiger partial charge in [0.15, 0.2) is 5.60 Å². The lowest BCUT2D eigenvalue weighted by Gasteiger charge is -2.36. The number of esters is 1. The molecule has 0 aromatic carbocycles. The summed E-state index contributed by atoms with van der Waals surface area (Å²) >= 11 is 0. The Morgan fingerprint density at radius 3 is 2.63 bits per heavy atom. The van der Waals surface area contributed by atoms with Crippen LogP contribution < -0.4 is 5.73 Å². The quantitative estimate of drug-likeness (QED) is 0.373. The van der Waals surface area contributed by atoms with Crippen molar-refractivity contribution >= 4 is 11.9 Å². The Kier molecular flexibility index (Phi) is 7.90. The Balaban J connectivity index is 2.15. The Morgan fingerprint density at radius 2 is 1.97 bits per heavy atom. The highest BCUT2D eigenvalue weighted by Gasteiger charge is 2.40. The van der Waals surface area contributed by atoms with Gasteiger partial charge in [0.05, 0.1) is 0 Å². The molecule has 0 saturated heterocycles. The summed E-state index contributed by atoms with van der Waals surface area (Å²) in [4.78, 5) is 24.2. The number of rotatable bonds is 8. The first-order chi connectivity index (χ1) is 14.2. The summed E-state index contributed by atoms with van der Waals surface area (Å²) in [6, 6.07) is 0. The lowest BCUT2D eigenvalue weighted by atomic mass is 9.75. The molecule has 0 radical (unpaired) electrons. The van der Waals surface area contributed by atoms with Crippen LogP contribution in [0.2, 0.25) is 0 Å². The molecule has 0 aliphatic heterocycles. The number of hydrogen-bond acceptors (Lipinski definition) is 3. The molecule has 4 nitrogen and oxygen atoms in total. The number of carbonyl (C=O) groups is 2. The van der Waals surface area contributed by atoms with Gasteiger partial charge in [0.2, 0.25) is 5.91 Å². The van der Waals surface area contributed by atoms with Gasteiger partial charge in [-0.1, -0.05) is 63.3 Å². The maximum atomic E-state index is 12.8. The Labute approximate surface area is 180 Å². The van der Waals surface area contributed by atoms with Crippen LogP contribution in [0.15, 0.2) is 48.1 Å². The largest absolute Gasteiger partial charge is 0.441 e. The molecule has 2 aliphatic carbocycles. The number of carbonyl (C=O) groups excluding carboxylic acids is 2. The second-order valence-electron chi connectivity index (χ2n) is 7.97. The van der Waals surface area contributed by atoms with Crippen LogP contribution in [-0.4, -0.2) is 17.5 Å². The fourth-order valence-corrected chi connectivity index (χ4v) is 3.69. The first kappa shape index (κ1) is 23.3. The standard InChI is InChI=1S/C26H31NO3/c1-6-22-12-9-7-8-10-16-26(17-11-13-23(22)21(26)5)30-24(28)15-14-18(2)19(3)20(4)25(27)29/h7-8,13,19-20,22H,2,5-6,11,14-15,17H2,1,3-4H3,(H2,27,29)/b8-7-. The van der Waals surface area contributed by atoms with Crippen molar-refractivity contribution in [2.24, 2.45) is 23.5 Å². The van der Waals surface area contributed by atoms with Gasteiger partial charge in [0.25, 0.3) is 0 Å². The highest BCUT2D eigenvalue weighted by molar-refractivity contribution is 5.77. The molecule has 4 heteroatoms. The summed E-state index contributed by atoms with van der Waals surface area (Å²) in [6.45, 7) is 14.0. The lowest BCUT2D eigenvalue weighted by molar-refractivity contribution is -0.152. The maximum absolute atomic E-state index is 12.8. The summed E-state index contributed by atoms with van der Waals surface area (Å²) in [5, 5.41) is 0. The van der Waals surface area contributed by atoms with Gasteiger partial charge in [0.1, 0.15) is 0 Å². The molecule has 4 unspecified atom stereocenters. The van der Waals surface area contributed by atoms with Crippen molar-refractivity contribution in [3.8, 4) is 23.7 Å². The van der Waals surface area contributed by atoms with E-state index in [1.807, 2.05) is 6.92 Å². The molecule has 0 spiro atoms. The molecule has 2 N–H and O–H groups in total.